The third kappa shape index (κ3) is 5.52. The highest BCUT2D eigenvalue weighted by atomic mass is 16.5. The molecule has 1 atom stereocenters. The van der Waals surface area contributed by atoms with Crippen LogP contribution in [-0.4, -0.2) is 25.4 Å². The Labute approximate surface area is 110 Å². The van der Waals surface area contributed by atoms with Crippen molar-refractivity contribution in [3.8, 4) is 5.75 Å². The first-order valence-corrected chi connectivity index (χ1v) is 6.45. The minimum Gasteiger partial charge on any atom is -0.493 e. The van der Waals surface area contributed by atoms with Crippen molar-refractivity contribution in [2.24, 2.45) is 5.73 Å². The second-order valence-corrected chi connectivity index (χ2v) is 5.39. The average Bonchev–Trinajstić information content (AvgIpc) is 2.30. The summed E-state index contributed by atoms with van der Waals surface area (Å²) in [6.07, 6.45) is 1.77. The van der Waals surface area contributed by atoms with E-state index in [1.165, 1.54) is 5.56 Å². The minimum atomic E-state index is -0.130. The number of ether oxygens (including phenoxy) is 2. The summed E-state index contributed by atoms with van der Waals surface area (Å²) in [4.78, 5) is 0. The van der Waals surface area contributed by atoms with Crippen molar-refractivity contribution in [3.05, 3.63) is 29.8 Å². The maximum Gasteiger partial charge on any atom is 0.119 e. The van der Waals surface area contributed by atoms with Crippen molar-refractivity contribution in [3.63, 3.8) is 0 Å². The summed E-state index contributed by atoms with van der Waals surface area (Å²) in [6, 6.07) is 8.33. The normalized spacial score (nSPS) is 13.4. The van der Waals surface area contributed by atoms with Crippen molar-refractivity contribution in [1.29, 1.82) is 0 Å². The Kier molecular flexibility index (Phi) is 5.63. The van der Waals surface area contributed by atoms with Crippen molar-refractivity contribution in [2.45, 2.75) is 45.3 Å². The van der Waals surface area contributed by atoms with Gasteiger partial charge in [0.2, 0.25) is 0 Å². The molecule has 0 heterocycles. The first kappa shape index (κ1) is 15.0. The maximum atomic E-state index is 5.76. The highest BCUT2D eigenvalue weighted by Crippen LogP contribution is 2.16. The highest BCUT2D eigenvalue weighted by Gasteiger charge is 2.15. The van der Waals surface area contributed by atoms with Gasteiger partial charge in [-0.25, -0.2) is 0 Å². The van der Waals surface area contributed by atoms with Gasteiger partial charge in [-0.1, -0.05) is 12.1 Å². The molecule has 1 aromatic rings. The van der Waals surface area contributed by atoms with Gasteiger partial charge in [0.15, 0.2) is 0 Å². The quantitative estimate of drug-likeness (QED) is 0.810. The molecule has 1 rings (SSSR count). The molecule has 0 aliphatic carbocycles. The van der Waals surface area contributed by atoms with E-state index in [9.17, 15) is 0 Å². The lowest BCUT2D eigenvalue weighted by Gasteiger charge is -2.22. The molecule has 18 heavy (non-hydrogen) atoms. The summed E-state index contributed by atoms with van der Waals surface area (Å²) in [7, 11) is 1.72. The molecule has 0 spiro atoms. The molecule has 0 fully saturated rings. The van der Waals surface area contributed by atoms with E-state index >= 15 is 0 Å². The van der Waals surface area contributed by atoms with Crippen LogP contribution in [0.4, 0.5) is 0 Å². The molecule has 3 nitrogen and oxygen atoms in total. The van der Waals surface area contributed by atoms with Gasteiger partial charge in [0.1, 0.15) is 5.75 Å². The van der Waals surface area contributed by atoms with Crippen LogP contribution in [0.5, 0.6) is 5.75 Å². The van der Waals surface area contributed by atoms with E-state index in [1.807, 2.05) is 19.1 Å². The fraction of sp³-hybridized carbons (Fsp3) is 0.600. The molecule has 0 bridgehead atoms. The first-order valence-electron chi connectivity index (χ1n) is 6.45. The third-order valence-corrected chi connectivity index (χ3v) is 3.01. The Bertz CT molecular complexity index is 344. The number of rotatable bonds is 7. The van der Waals surface area contributed by atoms with E-state index in [0.717, 1.165) is 18.6 Å². The molecule has 102 valence electrons. The van der Waals surface area contributed by atoms with E-state index in [4.69, 9.17) is 15.2 Å². The van der Waals surface area contributed by atoms with Crippen LogP contribution in [0, 0.1) is 0 Å². The number of nitrogens with two attached hydrogens (primary N) is 1. The molecule has 2 N–H and O–H groups in total. The maximum absolute atomic E-state index is 5.76. The second kappa shape index (κ2) is 6.76. The predicted molar refractivity (Wildman–Crippen MR) is 75.0 cm³/mol. The molecule has 0 aliphatic rings. The summed E-state index contributed by atoms with van der Waals surface area (Å²) in [5.74, 6) is 0.898. The molecular formula is C15H25NO2. The van der Waals surface area contributed by atoms with Crippen molar-refractivity contribution in [1.82, 2.24) is 0 Å². The summed E-state index contributed by atoms with van der Waals surface area (Å²) >= 11 is 0. The van der Waals surface area contributed by atoms with Gasteiger partial charge in [-0.3, -0.25) is 0 Å². The van der Waals surface area contributed by atoms with E-state index < -0.39 is 0 Å². The fourth-order valence-electron chi connectivity index (χ4n) is 1.61. The molecular weight excluding hydrogens is 226 g/mol. The summed E-state index contributed by atoms with van der Waals surface area (Å²) in [6.45, 7) is 6.79. The van der Waals surface area contributed by atoms with Gasteiger partial charge in [0.25, 0.3) is 0 Å². The number of hydrogen-bond acceptors (Lipinski definition) is 3. The second-order valence-electron chi connectivity index (χ2n) is 5.39. The molecule has 0 saturated heterocycles. The first-order chi connectivity index (χ1) is 8.43. The SMILES string of the molecule is COC(C)(C)CCOc1ccc(CC(C)N)cc1. The fourth-order valence-corrected chi connectivity index (χ4v) is 1.61. The van der Waals surface area contributed by atoms with Crippen molar-refractivity contribution < 1.29 is 9.47 Å². The van der Waals surface area contributed by atoms with E-state index in [1.54, 1.807) is 7.11 Å². The van der Waals surface area contributed by atoms with Gasteiger partial charge in [0.05, 0.1) is 12.2 Å². The lowest BCUT2D eigenvalue weighted by Crippen LogP contribution is -2.25. The standard InChI is InChI=1S/C15H25NO2/c1-12(16)11-13-5-7-14(8-6-13)18-10-9-15(2,3)17-4/h5-8,12H,9-11,16H2,1-4H3. The van der Waals surface area contributed by atoms with Crippen molar-refractivity contribution in [2.75, 3.05) is 13.7 Å². The Balaban J connectivity index is 2.40. The van der Waals surface area contributed by atoms with E-state index in [0.29, 0.717) is 6.61 Å². The van der Waals surface area contributed by atoms with E-state index in [-0.39, 0.29) is 11.6 Å². The Morgan fingerprint density at radius 3 is 2.33 bits per heavy atom. The monoisotopic (exact) mass is 251 g/mol. The van der Waals surface area contributed by atoms with Crippen LogP contribution in [0.1, 0.15) is 32.8 Å². The predicted octanol–water partition coefficient (Wildman–Crippen LogP) is 2.77. The average molecular weight is 251 g/mol. The zero-order valence-corrected chi connectivity index (χ0v) is 11.9. The molecule has 0 amide bonds. The number of benzene rings is 1. The van der Waals surface area contributed by atoms with Crippen LogP contribution in [0.25, 0.3) is 0 Å². The van der Waals surface area contributed by atoms with Gasteiger partial charge in [0, 0.05) is 19.6 Å². The minimum absolute atomic E-state index is 0.130. The van der Waals surface area contributed by atoms with Crippen LogP contribution in [0.2, 0.25) is 0 Å². The summed E-state index contributed by atoms with van der Waals surface area (Å²) in [5.41, 5.74) is 6.88. The zero-order valence-electron chi connectivity index (χ0n) is 11.9. The van der Waals surface area contributed by atoms with Gasteiger partial charge in [-0.2, -0.15) is 0 Å². The molecule has 1 unspecified atom stereocenters. The Morgan fingerprint density at radius 2 is 1.83 bits per heavy atom. The van der Waals surface area contributed by atoms with Crippen LogP contribution in [0.15, 0.2) is 24.3 Å². The van der Waals surface area contributed by atoms with Gasteiger partial charge in [-0.05, 0) is 44.9 Å². The summed E-state index contributed by atoms with van der Waals surface area (Å²) in [5, 5.41) is 0. The largest absolute Gasteiger partial charge is 0.493 e. The lowest BCUT2D eigenvalue weighted by atomic mass is 10.1. The van der Waals surface area contributed by atoms with Crippen LogP contribution in [0.3, 0.4) is 0 Å². The molecule has 0 radical (unpaired) electrons. The van der Waals surface area contributed by atoms with Crippen LogP contribution >= 0.6 is 0 Å². The van der Waals surface area contributed by atoms with Crippen LogP contribution in [-0.2, 0) is 11.2 Å². The molecule has 3 heteroatoms. The van der Waals surface area contributed by atoms with E-state index in [2.05, 4.69) is 26.0 Å². The summed E-state index contributed by atoms with van der Waals surface area (Å²) < 4.78 is 11.0. The molecule has 1 aromatic carbocycles. The Morgan fingerprint density at radius 1 is 1.22 bits per heavy atom. The van der Waals surface area contributed by atoms with Gasteiger partial charge in [-0.15, -0.1) is 0 Å². The molecule has 0 saturated carbocycles. The topological polar surface area (TPSA) is 44.5 Å². The van der Waals surface area contributed by atoms with Gasteiger partial charge >= 0.3 is 0 Å². The lowest BCUT2D eigenvalue weighted by molar-refractivity contribution is 0.00545. The Hall–Kier alpha value is -1.06. The molecule has 0 aromatic heterocycles. The highest BCUT2D eigenvalue weighted by molar-refractivity contribution is 5.27. The smallest absolute Gasteiger partial charge is 0.119 e. The van der Waals surface area contributed by atoms with Crippen LogP contribution < -0.4 is 10.5 Å². The van der Waals surface area contributed by atoms with Crippen molar-refractivity contribution >= 4 is 0 Å². The zero-order chi connectivity index (χ0) is 13.6. The molecule has 0 aliphatic heterocycles. The number of hydrogen-bond donors (Lipinski definition) is 1. The number of methoxy groups -OCH3 is 1. The third-order valence-electron chi connectivity index (χ3n) is 3.01. The van der Waals surface area contributed by atoms with Gasteiger partial charge < -0.3 is 15.2 Å².